The first-order valence-corrected chi connectivity index (χ1v) is 23.5. The van der Waals surface area contributed by atoms with Crippen LogP contribution < -0.4 is 41.5 Å². The number of nitrogens with one attached hydrogen (secondary N) is 5. The molecule has 3 aromatic heterocycles. The third-order valence-electron chi connectivity index (χ3n) is 10.8. The predicted molar refractivity (Wildman–Crippen MR) is 235 cm³/mol. The smallest absolute Gasteiger partial charge is 0.235 e. The van der Waals surface area contributed by atoms with Crippen LogP contribution in [0.2, 0.25) is 0 Å². The van der Waals surface area contributed by atoms with Crippen LogP contribution >= 0.6 is 23.1 Å². The van der Waals surface area contributed by atoms with Gasteiger partial charge in [-0.2, -0.15) is 4.98 Å². The molecule has 2 aliphatic heterocycles. The minimum atomic E-state index is -2.76. The fourth-order valence-corrected chi connectivity index (χ4v) is 9.43. The Kier molecular flexibility index (Phi) is 13.6. The monoisotopic (exact) mass is 886 g/mol. The highest BCUT2D eigenvalue weighted by atomic mass is 79.9. The number of aryl methyl sites for hydroxylation is 2. The van der Waals surface area contributed by atoms with Gasteiger partial charge in [0.1, 0.15) is 24.2 Å². The molecule has 312 valence electrons. The lowest BCUT2D eigenvalue weighted by Gasteiger charge is -2.35. The van der Waals surface area contributed by atoms with Crippen molar-refractivity contribution in [2.45, 2.75) is 64.0 Å². The Hall–Kier alpha value is -4.96. The average molecular weight is 888 g/mol. The van der Waals surface area contributed by atoms with E-state index in [9.17, 15) is 14.2 Å². The fourth-order valence-electron chi connectivity index (χ4n) is 7.75. The molecule has 18 heteroatoms. The van der Waals surface area contributed by atoms with Crippen LogP contribution in [-0.4, -0.2) is 101 Å². The maximum atomic E-state index is 13.5. The number of hydrogen-bond acceptors (Lipinski definition) is 14. The van der Waals surface area contributed by atoms with Gasteiger partial charge in [0, 0.05) is 81.7 Å². The summed E-state index contributed by atoms with van der Waals surface area (Å²) in [7, 11) is -1.09. The molecule has 1 unspecified atom stereocenters. The van der Waals surface area contributed by atoms with Crippen molar-refractivity contribution in [2.24, 2.45) is 0 Å². The molecule has 5 aromatic rings. The van der Waals surface area contributed by atoms with Gasteiger partial charge in [-0.05, 0) is 91.7 Å². The second-order valence-electron chi connectivity index (χ2n) is 15.3. The highest BCUT2D eigenvalue weighted by molar-refractivity contribution is 9.10. The summed E-state index contributed by atoms with van der Waals surface area (Å²) >= 11 is 3.59. The Balaban J connectivity index is 0.898. The van der Waals surface area contributed by atoms with Gasteiger partial charge in [0.15, 0.2) is 0 Å². The first-order valence-electron chi connectivity index (χ1n) is 20.1. The van der Waals surface area contributed by atoms with E-state index in [1.165, 1.54) is 11.3 Å². The molecule has 0 radical (unpaired) electrons. The maximum absolute atomic E-state index is 13.5. The molecule has 59 heavy (non-hydrogen) atoms. The van der Waals surface area contributed by atoms with Crippen LogP contribution in [0.25, 0.3) is 11.0 Å². The number of carbonyl (C=O) groups is 2. The third-order valence-corrected chi connectivity index (χ3v) is 12.9. The number of halogens is 1. The summed E-state index contributed by atoms with van der Waals surface area (Å²) in [6.07, 6.45) is 13.3. The number of piperidine rings is 2. The zero-order valence-electron chi connectivity index (χ0n) is 33.9. The molecular weight excluding hydrogens is 835 g/mol. The van der Waals surface area contributed by atoms with Crippen molar-refractivity contribution in [3.05, 3.63) is 71.1 Å². The number of methoxy groups -OCH3 is 1. The van der Waals surface area contributed by atoms with Crippen molar-refractivity contribution in [1.29, 1.82) is 0 Å². The highest BCUT2D eigenvalue weighted by Gasteiger charge is 2.30. The van der Waals surface area contributed by atoms with Gasteiger partial charge < -0.3 is 40.0 Å². The van der Waals surface area contributed by atoms with Gasteiger partial charge in [-0.1, -0.05) is 6.92 Å². The summed E-state index contributed by atoms with van der Waals surface area (Å²) in [5.41, 5.74) is 5.78. The number of imidazole rings is 1. The number of benzene rings is 2. The Bertz CT molecular complexity index is 2340. The average Bonchev–Trinajstić information content (AvgIpc) is 3.69. The molecule has 0 aliphatic carbocycles. The highest BCUT2D eigenvalue weighted by Crippen LogP contribution is 2.42. The molecule has 2 amide bonds. The summed E-state index contributed by atoms with van der Waals surface area (Å²) in [6.45, 7) is 11.0. The molecule has 2 fully saturated rings. The zero-order valence-corrected chi connectivity index (χ0v) is 36.4. The molecule has 2 aromatic carbocycles. The van der Waals surface area contributed by atoms with Crippen LogP contribution in [-0.2, 0) is 27.1 Å². The van der Waals surface area contributed by atoms with Gasteiger partial charge in [-0.15, -0.1) is 0 Å². The molecule has 7 rings (SSSR count). The largest absolute Gasteiger partial charge is 0.494 e. The molecule has 0 bridgehead atoms. The molecule has 5 heterocycles. The SMILES string of the molecule is CCc1cc(Nc2ncc(Br)c(Nc3ccc4nccnc4c3P(C)(C)=O)n2)c(OC)cc1N1CCC(NCCNCCCn2cnc(C3CCC(=O)NC3=O)c2)CC1. The Morgan fingerprint density at radius 2 is 1.80 bits per heavy atom. The summed E-state index contributed by atoms with van der Waals surface area (Å²) in [4.78, 5) is 48.7. The van der Waals surface area contributed by atoms with Gasteiger partial charge in [0.2, 0.25) is 17.8 Å². The number of anilines is 5. The number of aromatic nitrogens is 6. The van der Waals surface area contributed by atoms with E-state index in [2.05, 4.69) is 86.4 Å². The minimum absolute atomic E-state index is 0.212. The molecule has 2 saturated heterocycles. The van der Waals surface area contributed by atoms with Crippen molar-refractivity contribution in [1.82, 2.24) is 45.4 Å². The quantitative estimate of drug-likeness (QED) is 0.0450. The van der Waals surface area contributed by atoms with E-state index in [1.54, 1.807) is 45.4 Å². The van der Waals surface area contributed by atoms with E-state index in [0.717, 1.165) is 76.3 Å². The van der Waals surface area contributed by atoms with E-state index in [1.807, 2.05) is 22.9 Å². The maximum Gasteiger partial charge on any atom is 0.235 e. The van der Waals surface area contributed by atoms with Crippen LogP contribution in [0.4, 0.5) is 28.8 Å². The number of hydrogen-bond donors (Lipinski definition) is 5. The van der Waals surface area contributed by atoms with Crippen LogP contribution in [0.15, 0.2) is 59.9 Å². The Morgan fingerprint density at radius 1 is 0.983 bits per heavy atom. The number of ether oxygens (including phenoxy) is 1. The van der Waals surface area contributed by atoms with Crippen molar-refractivity contribution in [3.63, 3.8) is 0 Å². The second-order valence-corrected chi connectivity index (χ2v) is 19.3. The lowest BCUT2D eigenvalue weighted by Crippen LogP contribution is -2.44. The summed E-state index contributed by atoms with van der Waals surface area (Å²) < 4.78 is 22.0. The number of rotatable bonds is 17. The molecule has 0 spiro atoms. The van der Waals surface area contributed by atoms with E-state index >= 15 is 0 Å². The van der Waals surface area contributed by atoms with E-state index in [4.69, 9.17) is 9.72 Å². The van der Waals surface area contributed by atoms with E-state index < -0.39 is 7.14 Å². The van der Waals surface area contributed by atoms with Crippen LogP contribution in [0, 0.1) is 0 Å². The number of amides is 2. The number of fused-ring (bicyclic) bond motifs is 1. The third kappa shape index (κ3) is 10.3. The normalized spacial score (nSPS) is 16.4. The molecule has 5 N–H and O–H groups in total. The predicted octanol–water partition coefficient (Wildman–Crippen LogP) is 5.44. The summed E-state index contributed by atoms with van der Waals surface area (Å²) in [6, 6.07) is 8.40. The van der Waals surface area contributed by atoms with Gasteiger partial charge in [0.25, 0.3) is 0 Å². The topological polar surface area (TPSA) is 193 Å². The lowest BCUT2D eigenvalue weighted by atomic mass is 9.95. The van der Waals surface area contributed by atoms with E-state index in [0.29, 0.717) is 62.9 Å². The molecular formula is C41H52BrN12O4P. The number of nitrogens with zero attached hydrogens (tertiary/aromatic N) is 7. The van der Waals surface area contributed by atoms with E-state index in [-0.39, 0.29) is 17.7 Å². The van der Waals surface area contributed by atoms with Gasteiger partial charge in [-0.25, -0.2) is 9.97 Å². The van der Waals surface area contributed by atoms with Crippen LogP contribution in [0.5, 0.6) is 5.75 Å². The van der Waals surface area contributed by atoms with Crippen molar-refractivity contribution < 1.29 is 18.9 Å². The Morgan fingerprint density at radius 3 is 2.56 bits per heavy atom. The second kappa shape index (κ2) is 19.0. The van der Waals surface area contributed by atoms with Crippen molar-refractivity contribution in [3.8, 4) is 5.75 Å². The Labute approximate surface area is 352 Å². The van der Waals surface area contributed by atoms with Crippen LogP contribution in [0.3, 0.4) is 0 Å². The van der Waals surface area contributed by atoms with Crippen LogP contribution in [0.1, 0.15) is 56.2 Å². The first kappa shape index (κ1) is 42.2. The van der Waals surface area contributed by atoms with Gasteiger partial charge in [-0.3, -0.25) is 24.9 Å². The zero-order chi connectivity index (χ0) is 41.5. The van der Waals surface area contributed by atoms with Crippen molar-refractivity contribution >= 4 is 80.1 Å². The summed E-state index contributed by atoms with van der Waals surface area (Å²) in [5.74, 6) is 0.764. The first-order chi connectivity index (χ1) is 28.5. The lowest BCUT2D eigenvalue weighted by molar-refractivity contribution is -0.134. The fraction of sp³-hybridized carbons (Fsp3) is 0.439. The molecule has 1 atom stereocenters. The molecule has 0 saturated carbocycles. The molecule has 16 nitrogen and oxygen atoms in total. The molecule has 2 aliphatic rings. The summed E-state index contributed by atoms with van der Waals surface area (Å²) in [5, 5.41) is 17.0. The van der Waals surface area contributed by atoms with Gasteiger partial charge in [0.05, 0.1) is 51.7 Å². The standard InChI is InChI=1S/C41H52BrN12O4P/c1-5-26-21-32(50-41-47-23-29(42)39(52-41)49-31-9-8-30-37(46-17-16-45-30)38(31)59(3,4)57)35(58-2)22-34(26)54-19-11-27(12-20-54)44-15-14-43-13-6-18-53-24-33(48-25-53)28-7-10-36(55)51-40(28)56/h8-9,16-17,21-25,27-28,43-44H,5-7,10-15,18-20H2,1-4H3,(H,51,55,56)(H2,47,49,50,52). The minimum Gasteiger partial charge on any atom is -0.494 e. The van der Waals surface area contributed by atoms with Crippen molar-refractivity contribution in [2.75, 3.05) is 68.7 Å². The van der Waals surface area contributed by atoms with Gasteiger partial charge >= 0.3 is 0 Å². The number of imide groups is 1. The number of carbonyl (C=O) groups excluding carboxylic acids is 2.